The van der Waals surface area contributed by atoms with E-state index in [-0.39, 0.29) is 0 Å². The molecule has 0 saturated carbocycles. The molecule has 0 saturated heterocycles. The summed E-state index contributed by atoms with van der Waals surface area (Å²) < 4.78 is 21.6. The van der Waals surface area contributed by atoms with E-state index in [9.17, 15) is 4.21 Å². The van der Waals surface area contributed by atoms with Crippen molar-refractivity contribution in [3.63, 3.8) is 0 Å². The minimum Gasteiger partial charge on any atom is -0.493 e. The van der Waals surface area contributed by atoms with Crippen molar-refractivity contribution in [1.82, 2.24) is 5.32 Å². The Morgan fingerprint density at radius 2 is 1.94 bits per heavy atom. The summed E-state index contributed by atoms with van der Waals surface area (Å²) in [5.41, 5.74) is 0. The smallest absolute Gasteiger partial charge is 0.161 e. The van der Waals surface area contributed by atoms with Crippen molar-refractivity contribution in [2.45, 2.75) is 6.42 Å². The van der Waals surface area contributed by atoms with E-state index in [1.807, 2.05) is 24.3 Å². The summed E-state index contributed by atoms with van der Waals surface area (Å²) in [7, 11) is 0.936. The first-order valence-electron chi connectivity index (χ1n) is 6.00. The number of hydrogen-bond acceptors (Lipinski definition) is 4. The largest absolute Gasteiger partial charge is 0.493 e. The number of para-hydroxylation sites is 2. The van der Waals surface area contributed by atoms with E-state index >= 15 is 0 Å². The van der Waals surface area contributed by atoms with Crippen LogP contribution in [0.2, 0.25) is 0 Å². The molecule has 1 aromatic carbocycles. The van der Waals surface area contributed by atoms with Gasteiger partial charge < -0.3 is 14.8 Å². The van der Waals surface area contributed by atoms with Crippen molar-refractivity contribution in [2.24, 2.45) is 0 Å². The highest BCUT2D eigenvalue weighted by atomic mass is 32.2. The van der Waals surface area contributed by atoms with Gasteiger partial charge >= 0.3 is 0 Å². The minimum absolute atomic E-state index is 0.593. The monoisotopic (exact) mass is 271 g/mol. The van der Waals surface area contributed by atoms with Crippen molar-refractivity contribution >= 4 is 10.8 Å². The van der Waals surface area contributed by atoms with Gasteiger partial charge in [-0.05, 0) is 25.1 Å². The summed E-state index contributed by atoms with van der Waals surface area (Å²) in [6, 6.07) is 7.59. The summed E-state index contributed by atoms with van der Waals surface area (Å²) in [6.45, 7) is 2.23. The van der Waals surface area contributed by atoms with Gasteiger partial charge in [0.25, 0.3) is 0 Å². The molecule has 1 unspecified atom stereocenters. The molecule has 0 aromatic heterocycles. The van der Waals surface area contributed by atoms with E-state index < -0.39 is 10.8 Å². The molecule has 4 nitrogen and oxygen atoms in total. The van der Waals surface area contributed by atoms with Crippen molar-refractivity contribution in [1.29, 1.82) is 0 Å². The van der Waals surface area contributed by atoms with Gasteiger partial charge in [-0.3, -0.25) is 4.21 Å². The zero-order valence-corrected chi connectivity index (χ0v) is 11.8. The highest BCUT2D eigenvalue weighted by Crippen LogP contribution is 2.25. The Morgan fingerprint density at radius 3 is 2.61 bits per heavy atom. The molecule has 1 aromatic rings. The fourth-order valence-electron chi connectivity index (χ4n) is 1.50. The van der Waals surface area contributed by atoms with E-state index in [2.05, 4.69) is 5.32 Å². The van der Waals surface area contributed by atoms with Crippen LogP contribution in [0.1, 0.15) is 6.42 Å². The average molecular weight is 271 g/mol. The number of ether oxygens (including phenoxy) is 2. The van der Waals surface area contributed by atoms with Gasteiger partial charge in [-0.1, -0.05) is 12.1 Å². The van der Waals surface area contributed by atoms with E-state index in [1.54, 1.807) is 13.4 Å². The first kappa shape index (κ1) is 15.0. The molecule has 0 aliphatic heterocycles. The molecule has 0 amide bonds. The Bertz CT molecular complexity index is 371. The fraction of sp³-hybridized carbons (Fsp3) is 0.538. The van der Waals surface area contributed by atoms with Crippen LogP contribution in [0.4, 0.5) is 0 Å². The predicted molar refractivity (Wildman–Crippen MR) is 74.9 cm³/mol. The van der Waals surface area contributed by atoms with Gasteiger partial charge in [-0.25, -0.2) is 0 Å². The molecule has 1 rings (SSSR count). The van der Waals surface area contributed by atoms with Crippen molar-refractivity contribution in [3.05, 3.63) is 24.3 Å². The number of nitrogens with one attached hydrogen (secondary N) is 1. The second-order valence-corrected chi connectivity index (χ2v) is 5.43. The van der Waals surface area contributed by atoms with Gasteiger partial charge in [0, 0.05) is 29.4 Å². The molecule has 0 bridgehead atoms. The van der Waals surface area contributed by atoms with E-state index in [1.165, 1.54) is 0 Å². The lowest BCUT2D eigenvalue weighted by molar-refractivity contribution is 0.292. The maximum atomic E-state index is 10.8. The number of methoxy groups -OCH3 is 1. The Balaban J connectivity index is 2.12. The summed E-state index contributed by atoms with van der Waals surface area (Å²) in [5, 5.41) is 3.25. The highest BCUT2D eigenvalue weighted by Gasteiger charge is 2.01. The minimum atomic E-state index is -0.695. The summed E-state index contributed by atoms with van der Waals surface area (Å²) in [5.74, 6) is 2.26. The van der Waals surface area contributed by atoms with Crippen LogP contribution in [0.15, 0.2) is 24.3 Å². The molecule has 102 valence electrons. The first-order valence-corrected chi connectivity index (χ1v) is 7.73. The van der Waals surface area contributed by atoms with Crippen LogP contribution in [0.25, 0.3) is 0 Å². The molecule has 0 spiro atoms. The molecule has 0 heterocycles. The van der Waals surface area contributed by atoms with Crippen LogP contribution in [0.5, 0.6) is 11.5 Å². The van der Waals surface area contributed by atoms with Gasteiger partial charge in [0.1, 0.15) is 6.61 Å². The second kappa shape index (κ2) is 8.94. The third kappa shape index (κ3) is 6.02. The standard InChI is InChI=1S/C13H21NO3S/c1-16-12-6-3-4-7-13(12)17-10-9-14-8-5-11-18(2)15/h3-4,6-7,14H,5,8-11H2,1-2H3. The molecule has 1 N–H and O–H groups in total. The maximum absolute atomic E-state index is 10.8. The van der Waals surface area contributed by atoms with Crippen LogP contribution < -0.4 is 14.8 Å². The third-order valence-electron chi connectivity index (χ3n) is 2.39. The molecule has 0 fully saturated rings. The molecular formula is C13H21NO3S. The molecule has 0 aliphatic rings. The topological polar surface area (TPSA) is 47.6 Å². The number of rotatable bonds is 9. The quantitative estimate of drug-likeness (QED) is 0.690. The van der Waals surface area contributed by atoms with Gasteiger partial charge in [-0.2, -0.15) is 0 Å². The van der Waals surface area contributed by atoms with Gasteiger partial charge in [-0.15, -0.1) is 0 Å². The van der Waals surface area contributed by atoms with Crippen LogP contribution in [0, 0.1) is 0 Å². The molecule has 5 heteroatoms. The van der Waals surface area contributed by atoms with Crippen LogP contribution in [-0.2, 0) is 10.8 Å². The molecule has 0 radical (unpaired) electrons. The maximum Gasteiger partial charge on any atom is 0.161 e. The van der Waals surface area contributed by atoms with Crippen LogP contribution >= 0.6 is 0 Å². The lowest BCUT2D eigenvalue weighted by atomic mass is 10.3. The van der Waals surface area contributed by atoms with E-state index in [0.717, 1.165) is 36.8 Å². The Kier molecular flexibility index (Phi) is 7.44. The number of benzene rings is 1. The average Bonchev–Trinajstić information content (AvgIpc) is 2.37. The second-order valence-electron chi connectivity index (χ2n) is 3.88. The predicted octanol–water partition coefficient (Wildman–Crippen LogP) is 1.43. The molecule has 18 heavy (non-hydrogen) atoms. The molecule has 0 aliphatic carbocycles. The summed E-state index contributed by atoms with van der Waals surface area (Å²) >= 11 is 0. The van der Waals surface area contributed by atoms with Crippen LogP contribution in [-0.4, -0.2) is 43.0 Å². The summed E-state index contributed by atoms with van der Waals surface area (Å²) in [6.07, 6.45) is 2.66. The van der Waals surface area contributed by atoms with Crippen molar-refractivity contribution < 1.29 is 13.7 Å². The highest BCUT2D eigenvalue weighted by molar-refractivity contribution is 7.84. The lowest BCUT2D eigenvalue weighted by Gasteiger charge is -2.10. The summed E-state index contributed by atoms with van der Waals surface area (Å²) in [4.78, 5) is 0. The van der Waals surface area contributed by atoms with E-state index in [0.29, 0.717) is 6.61 Å². The Morgan fingerprint density at radius 1 is 1.22 bits per heavy atom. The number of hydrogen-bond donors (Lipinski definition) is 1. The van der Waals surface area contributed by atoms with Gasteiger partial charge in [0.2, 0.25) is 0 Å². The molecule has 1 atom stereocenters. The zero-order valence-electron chi connectivity index (χ0n) is 11.0. The van der Waals surface area contributed by atoms with Gasteiger partial charge in [0.15, 0.2) is 11.5 Å². The van der Waals surface area contributed by atoms with Crippen molar-refractivity contribution in [3.8, 4) is 11.5 Å². The SMILES string of the molecule is COc1ccccc1OCCNCCCS(C)=O. The Hall–Kier alpha value is -1.07. The zero-order chi connectivity index (χ0) is 13.2. The third-order valence-corrected chi connectivity index (χ3v) is 3.25. The Labute approximate surface area is 111 Å². The van der Waals surface area contributed by atoms with Crippen molar-refractivity contribution in [2.75, 3.05) is 38.8 Å². The fourth-order valence-corrected chi connectivity index (χ4v) is 2.05. The molecular weight excluding hydrogens is 250 g/mol. The first-order chi connectivity index (χ1) is 8.74. The van der Waals surface area contributed by atoms with Crippen LogP contribution in [0.3, 0.4) is 0 Å². The van der Waals surface area contributed by atoms with Gasteiger partial charge in [0.05, 0.1) is 7.11 Å². The van der Waals surface area contributed by atoms with E-state index in [4.69, 9.17) is 9.47 Å². The normalized spacial score (nSPS) is 12.1. The lowest BCUT2D eigenvalue weighted by Crippen LogP contribution is -2.23.